The summed E-state index contributed by atoms with van der Waals surface area (Å²) in [5.41, 5.74) is 2.12. The fourth-order valence-electron chi connectivity index (χ4n) is 5.08. The first-order chi connectivity index (χ1) is 16.2. The van der Waals surface area contributed by atoms with Crippen LogP contribution in [-0.2, 0) is 19.3 Å². The summed E-state index contributed by atoms with van der Waals surface area (Å²) in [5.74, 6) is 3.41. The summed E-state index contributed by atoms with van der Waals surface area (Å²) in [5, 5.41) is 1.27. The van der Waals surface area contributed by atoms with E-state index in [4.69, 9.17) is 19.4 Å². The van der Waals surface area contributed by atoms with E-state index < -0.39 is 0 Å². The summed E-state index contributed by atoms with van der Waals surface area (Å²) >= 11 is 1.87. The van der Waals surface area contributed by atoms with Crippen molar-refractivity contribution in [2.75, 3.05) is 37.9 Å². The average molecular weight is 465 g/mol. The summed E-state index contributed by atoms with van der Waals surface area (Å²) in [6, 6.07) is 5.43. The number of ether oxygens (including phenoxy) is 2. The Morgan fingerprint density at radius 1 is 1.06 bits per heavy atom. The minimum atomic E-state index is 0.0420. The molecule has 0 N–H and O–H groups in total. The molecule has 7 nitrogen and oxygen atoms in total. The second kappa shape index (κ2) is 8.48. The highest BCUT2D eigenvalue weighted by Gasteiger charge is 2.28. The lowest BCUT2D eigenvalue weighted by Gasteiger charge is -2.36. The van der Waals surface area contributed by atoms with Gasteiger partial charge in [0.05, 0.1) is 5.39 Å². The largest absolute Gasteiger partial charge is 0.454 e. The van der Waals surface area contributed by atoms with Gasteiger partial charge >= 0.3 is 0 Å². The molecule has 2 aliphatic heterocycles. The lowest BCUT2D eigenvalue weighted by molar-refractivity contribution is 0.0746. The van der Waals surface area contributed by atoms with Crippen molar-refractivity contribution >= 4 is 33.3 Å². The molecule has 1 amide bonds. The third-order valence-electron chi connectivity index (χ3n) is 6.80. The molecule has 0 radical (unpaired) electrons. The number of benzene rings is 1. The molecule has 1 fully saturated rings. The maximum absolute atomic E-state index is 13.1. The summed E-state index contributed by atoms with van der Waals surface area (Å²) < 4.78 is 10.8. The average Bonchev–Trinajstić information content (AvgIpc) is 3.47. The van der Waals surface area contributed by atoms with Crippen LogP contribution in [0.5, 0.6) is 11.5 Å². The number of carbonyl (C=O) groups excluding carboxylic acids is 1. The van der Waals surface area contributed by atoms with Gasteiger partial charge in [-0.15, -0.1) is 11.3 Å². The highest BCUT2D eigenvalue weighted by Crippen LogP contribution is 2.40. The van der Waals surface area contributed by atoms with Crippen LogP contribution in [0.4, 0.5) is 5.82 Å². The van der Waals surface area contributed by atoms with Gasteiger partial charge in [-0.3, -0.25) is 4.79 Å². The maximum Gasteiger partial charge on any atom is 0.254 e. The first-order valence-electron chi connectivity index (χ1n) is 12.0. The Morgan fingerprint density at radius 3 is 2.73 bits per heavy atom. The van der Waals surface area contributed by atoms with Crippen molar-refractivity contribution in [1.29, 1.82) is 0 Å². The summed E-state index contributed by atoms with van der Waals surface area (Å²) in [6.45, 7) is 5.29. The minimum Gasteiger partial charge on any atom is -0.454 e. The van der Waals surface area contributed by atoms with Crippen molar-refractivity contribution in [3.05, 3.63) is 40.0 Å². The number of amides is 1. The first kappa shape index (κ1) is 20.7. The van der Waals surface area contributed by atoms with Crippen LogP contribution < -0.4 is 14.4 Å². The Morgan fingerprint density at radius 2 is 1.88 bits per heavy atom. The van der Waals surface area contributed by atoms with E-state index in [1.807, 2.05) is 28.4 Å². The van der Waals surface area contributed by atoms with Gasteiger partial charge < -0.3 is 19.3 Å². The Bertz CT molecular complexity index is 1220. The first-order valence-corrected chi connectivity index (χ1v) is 12.8. The van der Waals surface area contributed by atoms with Crippen LogP contribution in [-0.4, -0.2) is 53.7 Å². The zero-order valence-corrected chi connectivity index (χ0v) is 19.7. The van der Waals surface area contributed by atoms with Gasteiger partial charge in [-0.05, 0) is 55.9 Å². The van der Waals surface area contributed by atoms with E-state index in [2.05, 4.69) is 11.8 Å². The van der Waals surface area contributed by atoms with Crippen LogP contribution in [0.1, 0.15) is 52.8 Å². The van der Waals surface area contributed by atoms with Crippen molar-refractivity contribution < 1.29 is 14.3 Å². The van der Waals surface area contributed by atoms with E-state index in [-0.39, 0.29) is 12.7 Å². The van der Waals surface area contributed by atoms with Crippen LogP contribution in [0.25, 0.3) is 10.2 Å². The molecule has 1 saturated heterocycles. The lowest BCUT2D eigenvalue weighted by atomic mass is 9.97. The Kier molecular flexibility index (Phi) is 5.32. The molecule has 0 saturated carbocycles. The Balaban J connectivity index is 1.25. The van der Waals surface area contributed by atoms with Crippen LogP contribution in [0.2, 0.25) is 0 Å². The van der Waals surface area contributed by atoms with Crippen LogP contribution >= 0.6 is 11.3 Å². The monoisotopic (exact) mass is 464 g/mol. The van der Waals surface area contributed by atoms with Crippen LogP contribution in [0, 0.1) is 0 Å². The molecule has 1 aliphatic carbocycles. The van der Waals surface area contributed by atoms with Crippen molar-refractivity contribution in [1.82, 2.24) is 14.9 Å². The van der Waals surface area contributed by atoms with Crippen molar-refractivity contribution in [2.45, 2.75) is 45.4 Å². The highest BCUT2D eigenvalue weighted by atomic mass is 32.1. The third-order valence-corrected chi connectivity index (χ3v) is 7.99. The number of hydrogen-bond donors (Lipinski definition) is 0. The number of carbonyl (C=O) groups is 1. The number of rotatable bonds is 4. The second-order valence-corrected chi connectivity index (χ2v) is 10.0. The zero-order valence-electron chi connectivity index (χ0n) is 18.9. The summed E-state index contributed by atoms with van der Waals surface area (Å²) in [4.78, 5) is 30.1. The van der Waals surface area contributed by atoms with E-state index in [0.717, 1.165) is 55.2 Å². The zero-order chi connectivity index (χ0) is 22.4. The summed E-state index contributed by atoms with van der Waals surface area (Å²) in [7, 11) is 0. The highest BCUT2D eigenvalue weighted by molar-refractivity contribution is 7.19. The molecule has 0 spiro atoms. The van der Waals surface area contributed by atoms with Gasteiger partial charge in [-0.25, -0.2) is 9.97 Å². The fraction of sp³-hybridized carbons (Fsp3) is 0.480. The normalized spacial score (nSPS) is 17.5. The van der Waals surface area contributed by atoms with Gasteiger partial charge in [0.15, 0.2) is 11.5 Å². The van der Waals surface area contributed by atoms with Gasteiger partial charge in [-0.2, -0.15) is 0 Å². The van der Waals surface area contributed by atoms with Crippen molar-refractivity contribution in [3.8, 4) is 11.5 Å². The Labute approximate surface area is 197 Å². The predicted octanol–water partition coefficient (Wildman–Crippen LogP) is 4.21. The number of anilines is 1. The number of nitrogens with zero attached hydrogens (tertiary/aromatic N) is 4. The number of thiophene rings is 1. The van der Waals surface area contributed by atoms with Crippen molar-refractivity contribution in [3.63, 3.8) is 0 Å². The maximum atomic E-state index is 13.1. The quantitative estimate of drug-likeness (QED) is 0.576. The van der Waals surface area contributed by atoms with Gasteiger partial charge in [0.2, 0.25) is 6.79 Å². The number of aryl methyl sites for hydroxylation is 3. The standard InChI is InChI=1S/C25H28N4O3S/c1-2-5-21-26-23(22-17-6-3-4-7-20(17)33-24(22)27-21)28-10-12-29(13-11-28)25(30)16-8-9-18-19(14-16)32-15-31-18/h8-9,14H,2-7,10-13,15H2,1H3. The minimum absolute atomic E-state index is 0.0420. The third kappa shape index (κ3) is 3.70. The molecule has 3 aromatic rings. The molecule has 0 bridgehead atoms. The molecule has 0 atom stereocenters. The van der Waals surface area contributed by atoms with E-state index in [9.17, 15) is 4.79 Å². The molecular weight excluding hydrogens is 436 g/mol. The van der Waals surface area contributed by atoms with E-state index >= 15 is 0 Å². The van der Waals surface area contributed by atoms with E-state index in [0.29, 0.717) is 30.2 Å². The molecular formula is C25H28N4O3S. The number of piperazine rings is 1. The number of aromatic nitrogens is 2. The SMILES string of the molecule is CCCc1nc(N2CCN(C(=O)c3ccc4c(c3)OCO4)CC2)c2c3c(sc2n1)CCCC3. The lowest BCUT2D eigenvalue weighted by Crippen LogP contribution is -2.49. The van der Waals surface area contributed by atoms with Crippen LogP contribution in [0.15, 0.2) is 18.2 Å². The number of fused-ring (bicyclic) bond motifs is 4. The number of hydrogen-bond acceptors (Lipinski definition) is 7. The van der Waals surface area contributed by atoms with Crippen LogP contribution in [0.3, 0.4) is 0 Å². The Hall–Kier alpha value is -2.87. The van der Waals surface area contributed by atoms with Gasteiger partial charge in [0.25, 0.3) is 5.91 Å². The predicted molar refractivity (Wildman–Crippen MR) is 129 cm³/mol. The van der Waals surface area contributed by atoms with Gasteiger partial charge in [-0.1, -0.05) is 6.92 Å². The van der Waals surface area contributed by atoms with E-state index in [1.54, 1.807) is 6.07 Å². The molecule has 3 aliphatic rings. The smallest absolute Gasteiger partial charge is 0.254 e. The molecule has 33 heavy (non-hydrogen) atoms. The van der Waals surface area contributed by atoms with Gasteiger partial charge in [0, 0.05) is 43.0 Å². The van der Waals surface area contributed by atoms with Gasteiger partial charge in [0.1, 0.15) is 16.5 Å². The van der Waals surface area contributed by atoms with Crippen molar-refractivity contribution in [2.24, 2.45) is 0 Å². The molecule has 8 heteroatoms. The molecule has 4 heterocycles. The molecule has 6 rings (SSSR count). The topological polar surface area (TPSA) is 67.8 Å². The fourth-order valence-corrected chi connectivity index (χ4v) is 6.35. The summed E-state index contributed by atoms with van der Waals surface area (Å²) in [6.07, 6.45) is 6.73. The molecule has 172 valence electrons. The second-order valence-electron chi connectivity index (χ2n) is 8.95. The van der Waals surface area contributed by atoms with E-state index in [1.165, 1.54) is 28.7 Å². The molecule has 1 aromatic carbocycles. The molecule has 2 aromatic heterocycles. The molecule has 0 unspecified atom stereocenters.